The first-order valence-electron chi connectivity index (χ1n) is 7.01. The van der Waals surface area contributed by atoms with Gasteiger partial charge in [0.15, 0.2) is 0 Å². The Morgan fingerprint density at radius 2 is 2.10 bits per heavy atom. The highest BCUT2D eigenvalue weighted by Gasteiger charge is 2.14. The van der Waals surface area contributed by atoms with E-state index in [1.165, 1.54) is 5.56 Å². The Morgan fingerprint density at radius 3 is 2.65 bits per heavy atom. The predicted octanol–water partition coefficient (Wildman–Crippen LogP) is 1.28. The summed E-state index contributed by atoms with van der Waals surface area (Å²) < 4.78 is 10.4. The zero-order valence-electron chi connectivity index (χ0n) is 13.1. The van der Waals surface area contributed by atoms with Gasteiger partial charge in [0.05, 0.1) is 18.9 Å². The largest absolute Gasteiger partial charge is 0.383 e. The number of aromatic nitrogens is 1. The van der Waals surface area contributed by atoms with Gasteiger partial charge in [-0.1, -0.05) is 6.07 Å². The molecule has 0 amide bonds. The first-order chi connectivity index (χ1) is 9.71. The smallest absolute Gasteiger partial charge is 0.0615 e. The van der Waals surface area contributed by atoms with Gasteiger partial charge in [0, 0.05) is 46.1 Å². The minimum absolute atomic E-state index is 0.342. The monoisotopic (exact) mass is 281 g/mol. The summed E-state index contributed by atoms with van der Waals surface area (Å²) >= 11 is 0. The van der Waals surface area contributed by atoms with Gasteiger partial charge >= 0.3 is 0 Å². The lowest BCUT2D eigenvalue weighted by molar-refractivity contribution is 0.0697. The molecular formula is C15H27N3O2. The molecule has 1 atom stereocenters. The molecule has 0 spiro atoms. The maximum absolute atomic E-state index is 5.24. The molecule has 20 heavy (non-hydrogen) atoms. The fourth-order valence-corrected chi connectivity index (χ4v) is 2.08. The molecule has 0 aliphatic heterocycles. The second-order valence-electron chi connectivity index (χ2n) is 4.96. The molecule has 0 saturated carbocycles. The van der Waals surface area contributed by atoms with Crippen LogP contribution in [0.3, 0.4) is 0 Å². The second-order valence-corrected chi connectivity index (χ2v) is 4.96. The van der Waals surface area contributed by atoms with Crippen LogP contribution in [-0.2, 0) is 22.6 Å². The van der Waals surface area contributed by atoms with Crippen LogP contribution in [0.2, 0.25) is 0 Å². The molecule has 1 heterocycles. The number of pyridine rings is 1. The molecule has 5 nitrogen and oxygen atoms in total. The summed E-state index contributed by atoms with van der Waals surface area (Å²) in [5, 5.41) is 3.12. The summed E-state index contributed by atoms with van der Waals surface area (Å²) in [5.41, 5.74) is 2.27. The highest BCUT2D eigenvalue weighted by Crippen LogP contribution is 2.08. The maximum atomic E-state index is 5.24. The second kappa shape index (κ2) is 9.83. The SMILES string of the molecule is CNCc1ccc(CN(CCOC)C(C)COC)nc1. The summed E-state index contributed by atoms with van der Waals surface area (Å²) in [6.07, 6.45) is 1.93. The van der Waals surface area contributed by atoms with E-state index in [1.807, 2.05) is 13.2 Å². The Balaban J connectivity index is 2.62. The van der Waals surface area contributed by atoms with Crippen LogP contribution in [0.25, 0.3) is 0 Å². The fraction of sp³-hybridized carbons (Fsp3) is 0.667. The Morgan fingerprint density at radius 1 is 1.30 bits per heavy atom. The van der Waals surface area contributed by atoms with Gasteiger partial charge in [-0.2, -0.15) is 0 Å². The van der Waals surface area contributed by atoms with Gasteiger partial charge < -0.3 is 14.8 Å². The Bertz CT molecular complexity index is 357. The van der Waals surface area contributed by atoms with Crippen molar-refractivity contribution in [3.8, 4) is 0 Å². The van der Waals surface area contributed by atoms with Crippen molar-refractivity contribution in [3.05, 3.63) is 29.6 Å². The predicted molar refractivity (Wildman–Crippen MR) is 80.6 cm³/mol. The van der Waals surface area contributed by atoms with Crippen molar-refractivity contribution in [2.75, 3.05) is 41.0 Å². The van der Waals surface area contributed by atoms with Crippen molar-refractivity contribution in [3.63, 3.8) is 0 Å². The summed E-state index contributed by atoms with van der Waals surface area (Å²) in [4.78, 5) is 6.85. The topological polar surface area (TPSA) is 46.6 Å². The van der Waals surface area contributed by atoms with Gasteiger partial charge in [0.2, 0.25) is 0 Å². The van der Waals surface area contributed by atoms with Crippen LogP contribution in [0.1, 0.15) is 18.2 Å². The van der Waals surface area contributed by atoms with Crippen LogP contribution < -0.4 is 5.32 Å². The maximum Gasteiger partial charge on any atom is 0.0615 e. The molecule has 1 aromatic rings. The number of ether oxygens (including phenoxy) is 2. The zero-order chi connectivity index (χ0) is 14.8. The van der Waals surface area contributed by atoms with E-state index < -0.39 is 0 Å². The zero-order valence-corrected chi connectivity index (χ0v) is 13.1. The quantitative estimate of drug-likeness (QED) is 0.700. The molecule has 0 aliphatic rings. The fourth-order valence-electron chi connectivity index (χ4n) is 2.08. The molecule has 0 bridgehead atoms. The number of methoxy groups -OCH3 is 2. The first-order valence-corrected chi connectivity index (χ1v) is 7.01. The van der Waals surface area contributed by atoms with Crippen molar-refractivity contribution in [1.82, 2.24) is 15.2 Å². The molecule has 0 saturated heterocycles. The Hall–Kier alpha value is -1.01. The third-order valence-corrected chi connectivity index (χ3v) is 3.25. The van der Waals surface area contributed by atoms with Crippen molar-refractivity contribution in [1.29, 1.82) is 0 Å². The molecule has 0 fully saturated rings. The summed E-state index contributed by atoms with van der Waals surface area (Å²) in [5.74, 6) is 0. The average molecular weight is 281 g/mol. The van der Waals surface area contributed by atoms with Gasteiger partial charge in [0.25, 0.3) is 0 Å². The highest BCUT2D eigenvalue weighted by atomic mass is 16.5. The molecule has 1 aromatic heterocycles. The van der Waals surface area contributed by atoms with Crippen LogP contribution in [0.4, 0.5) is 0 Å². The Kier molecular flexibility index (Phi) is 8.37. The van der Waals surface area contributed by atoms with Crippen molar-refractivity contribution in [2.24, 2.45) is 0 Å². The van der Waals surface area contributed by atoms with Gasteiger partial charge in [-0.3, -0.25) is 9.88 Å². The molecule has 1 rings (SSSR count). The van der Waals surface area contributed by atoms with Crippen molar-refractivity contribution in [2.45, 2.75) is 26.1 Å². The summed E-state index contributed by atoms with van der Waals surface area (Å²) in [7, 11) is 5.40. The van der Waals surface area contributed by atoms with E-state index in [1.54, 1.807) is 14.2 Å². The molecule has 114 valence electrons. The standard InChI is InChI=1S/C15H27N3O2/c1-13(12-20-4)18(7-8-19-3)11-15-6-5-14(9-16-2)10-17-15/h5-6,10,13,16H,7-9,11-12H2,1-4H3. The first kappa shape index (κ1) is 17.0. The summed E-state index contributed by atoms with van der Waals surface area (Å²) in [6, 6.07) is 4.55. The molecule has 1 N–H and O–H groups in total. The molecule has 5 heteroatoms. The van der Waals surface area contributed by atoms with E-state index in [4.69, 9.17) is 9.47 Å². The van der Waals surface area contributed by atoms with Crippen LogP contribution in [-0.4, -0.2) is 57.0 Å². The van der Waals surface area contributed by atoms with E-state index in [9.17, 15) is 0 Å². The van der Waals surface area contributed by atoms with Crippen LogP contribution in [0.15, 0.2) is 18.3 Å². The van der Waals surface area contributed by atoms with E-state index in [2.05, 4.69) is 34.3 Å². The lowest BCUT2D eigenvalue weighted by atomic mass is 10.2. The molecule has 0 aromatic carbocycles. The number of hydrogen-bond acceptors (Lipinski definition) is 5. The number of rotatable bonds is 10. The third-order valence-electron chi connectivity index (χ3n) is 3.25. The van der Waals surface area contributed by atoms with Crippen LogP contribution in [0.5, 0.6) is 0 Å². The van der Waals surface area contributed by atoms with Gasteiger partial charge in [-0.05, 0) is 25.6 Å². The number of nitrogens with one attached hydrogen (secondary N) is 1. The Labute approximate surface area is 122 Å². The normalized spacial score (nSPS) is 12.8. The van der Waals surface area contributed by atoms with Crippen molar-refractivity contribution >= 4 is 0 Å². The summed E-state index contributed by atoms with van der Waals surface area (Å²) in [6.45, 7) is 6.12. The van der Waals surface area contributed by atoms with Gasteiger partial charge in [-0.25, -0.2) is 0 Å². The van der Waals surface area contributed by atoms with E-state index in [-0.39, 0.29) is 0 Å². The highest BCUT2D eigenvalue weighted by molar-refractivity contribution is 5.14. The lowest BCUT2D eigenvalue weighted by Crippen LogP contribution is -2.38. The van der Waals surface area contributed by atoms with Crippen LogP contribution >= 0.6 is 0 Å². The van der Waals surface area contributed by atoms with E-state index >= 15 is 0 Å². The van der Waals surface area contributed by atoms with E-state index in [0.29, 0.717) is 19.3 Å². The van der Waals surface area contributed by atoms with Crippen molar-refractivity contribution < 1.29 is 9.47 Å². The number of nitrogens with zero attached hydrogens (tertiary/aromatic N) is 2. The minimum atomic E-state index is 0.342. The molecular weight excluding hydrogens is 254 g/mol. The van der Waals surface area contributed by atoms with Gasteiger partial charge in [0.1, 0.15) is 0 Å². The average Bonchev–Trinajstić information content (AvgIpc) is 2.45. The molecule has 0 aliphatic carbocycles. The van der Waals surface area contributed by atoms with Gasteiger partial charge in [-0.15, -0.1) is 0 Å². The minimum Gasteiger partial charge on any atom is -0.383 e. The molecule has 0 radical (unpaired) electrons. The third kappa shape index (κ3) is 5.96. The lowest BCUT2D eigenvalue weighted by Gasteiger charge is -2.28. The van der Waals surface area contributed by atoms with Crippen LogP contribution in [0, 0.1) is 0 Å². The van der Waals surface area contributed by atoms with E-state index in [0.717, 1.165) is 25.3 Å². The molecule has 1 unspecified atom stereocenters. The number of hydrogen-bond donors (Lipinski definition) is 1.